The number of nitrogens with zero attached hydrogens (tertiary/aromatic N) is 1. The van der Waals surface area contributed by atoms with Crippen LogP contribution >= 0.6 is 0 Å². The quantitative estimate of drug-likeness (QED) is 0.823. The van der Waals surface area contributed by atoms with Crippen LogP contribution in [0.25, 0.3) is 10.8 Å². The van der Waals surface area contributed by atoms with E-state index in [9.17, 15) is 0 Å². The van der Waals surface area contributed by atoms with Gasteiger partial charge in [-0.05, 0) is 26.0 Å². The van der Waals surface area contributed by atoms with Crippen LogP contribution in [0.4, 0.5) is 5.69 Å². The Bertz CT molecular complexity index is 550. The largest absolute Gasteiger partial charge is 0.382 e. The minimum atomic E-state index is 0.386. The molecule has 1 N–H and O–H groups in total. The lowest BCUT2D eigenvalue weighted by atomic mass is 10.0. The second kappa shape index (κ2) is 4.24. The molecule has 0 saturated carbocycles. The number of nitriles is 1. The highest BCUT2D eigenvalue weighted by Gasteiger charge is 2.05. The van der Waals surface area contributed by atoms with E-state index in [1.54, 1.807) is 0 Å². The zero-order valence-electron chi connectivity index (χ0n) is 9.49. The van der Waals surface area contributed by atoms with E-state index in [2.05, 4.69) is 25.2 Å². The highest BCUT2D eigenvalue weighted by Crippen LogP contribution is 2.26. The lowest BCUT2D eigenvalue weighted by molar-refractivity contribution is 0.902. The predicted molar refractivity (Wildman–Crippen MR) is 67.4 cm³/mol. The Labute approximate surface area is 95.5 Å². The molecule has 0 atom stereocenters. The molecular weight excluding hydrogens is 196 g/mol. The van der Waals surface area contributed by atoms with Crippen molar-refractivity contribution >= 4 is 16.5 Å². The van der Waals surface area contributed by atoms with Gasteiger partial charge in [0.25, 0.3) is 0 Å². The van der Waals surface area contributed by atoms with Crippen LogP contribution in [0.5, 0.6) is 0 Å². The second-order valence-electron chi connectivity index (χ2n) is 4.12. The molecule has 2 heteroatoms. The van der Waals surface area contributed by atoms with Crippen LogP contribution in [0.2, 0.25) is 0 Å². The summed E-state index contributed by atoms with van der Waals surface area (Å²) in [5.74, 6) is 0. The average Bonchev–Trinajstić information content (AvgIpc) is 2.29. The number of rotatable bonds is 2. The molecule has 0 unspecified atom stereocenters. The van der Waals surface area contributed by atoms with Gasteiger partial charge in [0.15, 0.2) is 0 Å². The third-order valence-electron chi connectivity index (χ3n) is 2.49. The Hall–Kier alpha value is -2.01. The third kappa shape index (κ3) is 1.85. The lowest BCUT2D eigenvalue weighted by Crippen LogP contribution is -2.09. The van der Waals surface area contributed by atoms with Gasteiger partial charge in [-0.3, -0.25) is 0 Å². The van der Waals surface area contributed by atoms with Crippen LogP contribution in [0.15, 0.2) is 36.4 Å². The van der Waals surface area contributed by atoms with Crippen molar-refractivity contribution in [2.24, 2.45) is 0 Å². The molecule has 2 rings (SSSR count). The molecule has 0 spiro atoms. The summed E-state index contributed by atoms with van der Waals surface area (Å²) < 4.78 is 0. The Morgan fingerprint density at radius 2 is 1.75 bits per heavy atom. The van der Waals surface area contributed by atoms with E-state index in [4.69, 9.17) is 5.26 Å². The van der Waals surface area contributed by atoms with Gasteiger partial charge in [-0.1, -0.05) is 24.3 Å². The summed E-state index contributed by atoms with van der Waals surface area (Å²) in [6, 6.07) is 14.4. The lowest BCUT2D eigenvalue weighted by Gasteiger charge is -2.13. The molecule has 2 nitrogen and oxygen atoms in total. The van der Waals surface area contributed by atoms with E-state index >= 15 is 0 Å². The zero-order chi connectivity index (χ0) is 11.5. The summed E-state index contributed by atoms with van der Waals surface area (Å²) in [6.07, 6.45) is 0. The molecule has 0 radical (unpaired) electrons. The van der Waals surface area contributed by atoms with Crippen molar-refractivity contribution in [2.75, 3.05) is 5.32 Å². The highest BCUT2D eigenvalue weighted by atomic mass is 14.9. The SMILES string of the molecule is CC(C)Nc1ccc(C#N)c2ccccc12. The summed E-state index contributed by atoms with van der Waals surface area (Å²) >= 11 is 0. The van der Waals surface area contributed by atoms with Crippen molar-refractivity contribution in [3.8, 4) is 6.07 Å². The van der Waals surface area contributed by atoms with E-state index in [-0.39, 0.29) is 0 Å². The molecule has 80 valence electrons. The molecule has 0 aliphatic carbocycles. The van der Waals surface area contributed by atoms with Gasteiger partial charge < -0.3 is 5.32 Å². The maximum absolute atomic E-state index is 9.04. The highest BCUT2D eigenvalue weighted by molar-refractivity contribution is 5.97. The average molecular weight is 210 g/mol. The monoisotopic (exact) mass is 210 g/mol. The summed E-state index contributed by atoms with van der Waals surface area (Å²) in [5.41, 5.74) is 1.81. The summed E-state index contributed by atoms with van der Waals surface area (Å²) in [4.78, 5) is 0. The van der Waals surface area contributed by atoms with Crippen LogP contribution in [0, 0.1) is 11.3 Å². The molecule has 0 fully saturated rings. The maximum Gasteiger partial charge on any atom is 0.0998 e. The summed E-state index contributed by atoms with van der Waals surface area (Å²) in [6.45, 7) is 4.21. The fraction of sp³-hybridized carbons (Fsp3) is 0.214. The number of hydrogen-bond acceptors (Lipinski definition) is 2. The molecule has 0 aliphatic rings. The van der Waals surface area contributed by atoms with Gasteiger partial charge >= 0.3 is 0 Å². The van der Waals surface area contributed by atoms with Crippen molar-refractivity contribution in [1.82, 2.24) is 0 Å². The van der Waals surface area contributed by atoms with Crippen LogP contribution < -0.4 is 5.32 Å². The van der Waals surface area contributed by atoms with E-state index in [1.165, 1.54) is 0 Å². The van der Waals surface area contributed by atoms with Crippen molar-refractivity contribution in [3.63, 3.8) is 0 Å². The number of benzene rings is 2. The summed E-state index contributed by atoms with van der Waals surface area (Å²) in [5, 5.41) is 14.5. The number of hydrogen-bond donors (Lipinski definition) is 1. The second-order valence-corrected chi connectivity index (χ2v) is 4.12. The van der Waals surface area contributed by atoms with Crippen LogP contribution in [-0.2, 0) is 0 Å². The molecule has 0 bridgehead atoms. The van der Waals surface area contributed by atoms with Gasteiger partial charge in [-0.2, -0.15) is 5.26 Å². The van der Waals surface area contributed by atoms with E-state index in [0.29, 0.717) is 6.04 Å². The first-order valence-corrected chi connectivity index (χ1v) is 5.41. The summed E-state index contributed by atoms with van der Waals surface area (Å²) in [7, 11) is 0. The first-order chi connectivity index (χ1) is 7.72. The van der Waals surface area contributed by atoms with E-state index in [0.717, 1.165) is 22.0 Å². The van der Waals surface area contributed by atoms with Gasteiger partial charge in [-0.25, -0.2) is 0 Å². The van der Waals surface area contributed by atoms with Crippen LogP contribution in [-0.4, -0.2) is 6.04 Å². The van der Waals surface area contributed by atoms with Crippen molar-refractivity contribution in [2.45, 2.75) is 19.9 Å². The molecule has 16 heavy (non-hydrogen) atoms. The Kier molecular flexibility index (Phi) is 2.78. The van der Waals surface area contributed by atoms with Gasteiger partial charge in [0.1, 0.15) is 0 Å². The first kappa shape index (κ1) is 10.5. The van der Waals surface area contributed by atoms with Gasteiger partial charge in [0.2, 0.25) is 0 Å². The standard InChI is InChI=1S/C14H14N2/c1-10(2)16-14-8-7-11(9-15)12-5-3-4-6-13(12)14/h3-8,10,16H,1-2H3. The topological polar surface area (TPSA) is 35.8 Å². The van der Waals surface area contributed by atoms with Gasteiger partial charge in [0.05, 0.1) is 11.6 Å². The predicted octanol–water partition coefficient (Wildman–Crippen LogP) is 3.53. The fourth-order valence-electron chi connectivity index (χ4n) is 1.83. The Morgan fingerprint density at radius 1 is 1.06 bits per heavy atom. The fourth-order valence-corrected chi connectivity index (χ4v) is 1.83. The zero-order valence-corrected chi connectivity index (χ0v) is 9.49. The molecule has 2 aromatic carbocycles. The number of nitrogens with one attached hydrogen (secondary N) is 1. The van der Waals surface area contributed by atoms with Crippen molar-refractivity contribution in [3.05, 3.63) is 42.0 Å². The minimum Gasteiger partial charge on any atom is -0.382 e. The normalized spacial score (nSPS) is 10.4. The van der Waals surface area contributed by atoms with E-state index in [1.807, 2.05) is 36.4 Å². The van der Waals surface area contributed by atoms with Crippen molar-refractivity contribution in [1.29, 1.82) is 5.26 Å². The van der Waals surface area contributed by atoms with Crippen molar-refractivity contribution < 1.29 is 0 Å². The smallest absolute Gasteiger partial charge is 0.0998 e. The molecule has 2 aromatic rings. The van der Waals surface area contributed by atoms with Crippen LogP contribution in [0.3, 0.4) is 0 Å². The molecule has 0 aromatic heterocycles. The maximum atomic E-state index is 9.04. The Morgan fingerprint density at radius 3 is 2.38 bits per heavy atom. The molecule has 0 saturated heterocycles. The minimum absolute atomic E-state index is 0.386. The molecular formula is C14H14N2. The van der Waals surface area contributed by atoms with E-state index < -0.39 is 0 Å². The number of anilines is 1. The molecule has 0 heterocycles. The van der Waals surface area contributed by atoms with Gasteiger partial charge in [0, 0.05) is 22.5 Å². The van der Waals surface area contributed by atoms with Gasteiger partial charge in [-0.15, -0.1) is 0 Å². The third-order valence-corrected chi connectivity index (χ3v) is 2.49. The Balaban J connectivity index is 2.66. The molecule has 0 aliphatic heterocycles. The van der Waals surface area contributed by atoms with Crippen LogP contribution in [0.1, 0.15) is 19.4 Å². The first-order valence-electron chi connectivity index (χ1n) is 5.41. The number of fused-ring (bicyclic) bond motifs is 1. The molecule has 0 amide bonds.